The Kier molecular flexibility index (Phi) is 5.93. The molecule has 1 aliphatic rings. The van der Waals surface area contributed by atoms with E-state index in [-0.39, 0.29) is 23.9 Å². The van der Waals surface area contributed by atoms with Gasteiger partial charge in [0.1, 0.15) is 0 Å². The summed E-state index contributed by atoms with van der Waals surface area (Å²) in [4.78, 5) is 36.6. The van der Waals surface area contributed by atoms with Crippen LogP contribution in [0.15, 0.2) is 48.5 Å². The lowest BCUT2D eigenvalue weighted by Crippen LogP contribution is -2.34. The van der Waals surface area contributed by atoms with Gasteiger partial charge in [0.2, 0.25) is 0 Å². The lowest BCUT2D eigenvalue weighted by molar-refractivity contribution is 0.0950. The zero-order valence-electron chi connectivity index (χ0n) is 15.9. The van der Waals surface area contributed by atoms with Gasteiger partial charge in [-0.1, -0.05) is 12.1 Å². The van der Waals surface area contributed by atoms with Crippen LogP contribution in [-0.4, -0.2) is 29.9 Å². The lowest BCUT2D eigenvalue weighted by Gasteiger charge is -2.13. The standard InChI is InChI=1S/C21H24N4O3/c1-13(2)22-21(28)25-18-6-4-3-5-17(18)20(27)24-15-9-7-14(8-10-15)19(26)23-16-11-12-16/h3-10,13,16H,11-12H2,1-2H3,(H,23,26)(H,24,27)(H2,22,25,28). The quantitative estimate of drug-likeness (QED) is 0.618. The molecule has 0 bridgehead atoms. The molecule has 2 aromatic carbocycles. The Morgan fingerprint density at radius 1 is 0.893 bits per heavy atom. The maximum absolute atomic E-state index is 12.6. The predicted octanol–water partition coefficient (Wildman–Crippen LogP) is 3.36. The van der Waals surface area contributed by atoms with Crippen LogP contribution in [0.1, 0.15) is 47.4 Å². The van der Waals surface area contributed by atoms with Crippen LogP contribution in [0.4, 0.5) is 16.2 Å². The molecule has 2 aromatic rings. The molecule has 7 nitrogen and oxygen atoms in total. The molecule has 0 radical (unpaired) electrons. The Labute approximate surface area is 163 Å². The van der Waals surface area contributed by atoms with Gasteiger partial charge in [0, 0.05) is 23.3 Å². The molecule has 0 saturated heterocycles. The largest absolute Gasteiger partial charge is 0.349 e. The van der Waals surface area contributed by atoms with E-state index in [9.17, 15) is 14.4 Å². The molecule has 3 rings (SSSR count). The minimum atomic E-state index is -0.374. The average molecular weight is 380 g/mol. The number of carbonyl (C=O) groups excluding carboxylic acids is 3. The third-order valence-electron chi connectivity index (χ3n) is 4.16. The van der Waals surface area contributed by atoms with E-state index in [0.717, 1.165) is 12.8 Å². The Balaban J connectivity index is 1.65. The fourth-order valence-electron chi connectivity index (χ4n) is 2.61. The number of hydrogen-bond donors (Lipinski definition) is 4. The number of para-hydroxylation sites is 1. The molecule has 7 heteroatoms. The summed E-state index contributed by atoms with van der Waals surface area (Å²) in [5.74, 6) is -0.457. The second kappa shape index (κ2) is 8.56. The highest BCUT2D eigenvalue weighted by Crippen LogP contribution is 2.20. The van der Waals surface area contributed by atoms with Crippen molar-refractivity contribution in [3.63, 3.8) is 0 Å². The fourth-order valence-corrected chi connectivity index (χ4v) is 2.61. The summed E-state index contributed by atoms with van der Waals surface area (Å²) in [6.45, 7) is 3.71. The van der Waals surface area contributed by atoms with Gasteiger partial charge in [-0.3, -0.25) is 9.59 Å². The summed E-state index contributed by atoms with van der Waals surface area (Å²) in [6, 6.07) is 13.4. The molecule has 1 aliphatic carbocycles. The summed E-state index contributed by atoms with van der Waals surface area (Å²) in [6.07, 6.45) is 2.06. The predicted molar refractivity (Wildman–Crippen MR) is 109 cm³/mol. The minimum absolute atomic E-state index is 0.0170. The number of nitrogens with one attached hydrogen (secondary N) is 4. The molecule has 1 saturated carbocycles. The van der Waals surface area contributed by atoms with Crippen LogP contribution in [-0.2, 0) is 0 Å². The molecule has 0 aromatic heterocycles. The maximum Gasteiger partial charge on any atom is 0.319 e. The Morgan fingerprint density at radius 2 is 1.57 bits per heavy atom. The highest BCUT2D eigenvalue weighted by molar-refractivity contribution is 6.10. The van der Waals surface area contributed by atoms with E-state index >= 15 is 0 Å². The molecule has 0 aliphatic heterocycles. The summed E-state index contributed by atoms with van der Waals surface area (Å²) in [7, 11) is 0. The first-order valence-electron chi connectivity index (χ1n) is 9.31. The summed E-state index contributed by atoms with van der Waals surface area (Å²) >= 11 is 0. The van der Waals surface area contributed by atoms with Gasteiger partial charge in [0.15, 0.2) is 0 Å². The monoisotopic (exact) mass is 380 g/mol. The van der Waals surface area contributed by atoms with E-state index in [2.05, 4.69) is 21.3 Å². The number of urea groups is 1. The third-order valence-corrected chi connectivity index (χ3v) is 4.16. The highest BCUT2D eigenvalue weighted by atomic mass is 16.2. The Morgan fingerprint density at radius 3 is 2.21 bits per heavy atom. The molecule has 1 fully saturated rings. The molecule has 4 N–H and O–H groups in total. The molecule has 4 amide bonds. The number of benzene rings is 2. The molecule has 0 unspecified atom stereocenters. The van der Waals surface area contributed by atoms with Gasteiger partial charge in [-0.2, -0.15) is 0 Å². The van der Waals surface area contributed by atoms with Gasteiger partial charge in [-0.15, -0.1) is 0 Å². The summed E-state index contributed by atoms with van der Waals surface area (Å²) < 4.78 is 0. The Hall–Kier alpha value is -3.35. The van der Waals surface area contributed by atoms with Crippen molar-refractivity contribution in [2.45, 2.75) is 38.8 Å². The topological polar surface area (TPSA) is 99.3 Å². The first-order chi connectivity index (χ1) is 13.4. The first-order valence-corrected chi connectivity index (χ1v) is 9.31. The fraction of sp³-hybridized carbons (Fsp3) is 0.286. The SMILES string of the molecule is CC(C)NC(=O)Nc1ccccc1C(=O)Nc1ccc(C(=O)NC2CC2)cc1. The van der Waals surface area contributed by atoms with E-state index < -0.39 is 0 Å². The van der Waals surface area contributed by atoms with Crippen LogP contribution in [0, 0.1) is 0 Å². The average Bonchev–Trinajstić information content (AvgIpc) is 3.46. The molecule has 0 spiro atoms. The van der Waals surface area contributed by atoms with E-state index in [0.29, 0.717) is 28.5 Å². The van der Waals surface area contributed by atoms with Crippen molar-refractivity contribution < 1.29 is 14.4 Å². The smallest absolute Gasteiger partial charge is 0.319 e. The minimum Gasteiger partial charge on any atom is -0.349 e. The highest BCUT2D eigenvalue weighted by Gasteiger charge is 2.23. The maximum atomic E-state index is 12.6. The van der Waals surface area contributed by atoms with E-state index in [4.69, 9.17) is 0 Å². The second-order valence-corrected chi connectivity index (χ2v) is 7.08. The molecule has 0 heterocycles. The van der Waals surface area contributed by atoms with Crippen molar-refractivity contribution >= 4 is 29.2 Å². The van der Waals surface area contributed by atoms with E-state index in [1.807, 2.05) is 13.8 Å². The molecule has 146 valence electrons. The number of carbonyl (C=O) groups is 3. The first kappa shape index (κ1) is 19.4. The normalized spacial score (nSPS) is 13.0. The van der Waals surface area contributed by atoms with Crippen LogP contribution in [0.3, 0.4) is 0 Å². The van der Waals surface area contributed by atoms with Crippen molar-refractivity contribution in [1.29, 1.82) is 0 Å². The number of amides is 4. The van der Waals surface area contributed by atoms with Gasteiger partial charge in [0.05, 0.1) is 11.3 Å². The van der Waals surface area contributed by atoms with Gasteiger partial charge in [-0.25, -0.2) is 4.79 Å². The van der Waals surface area contributed by atoms with Crippen LogP contribution in [0.2, 0.25) is 0 Å². The summed E-state index contributed by atoms with van der Waals surface area (Å²) in [5.41, 5.74) is 1.88. The molecule has 0 atom stereocenters. The zero-order chi connectivity index (χ0) is 20.1. The van der Waals surface area contributed by atoms with Crippen molar-refractivity contribution in [3.8, 4) is 0 Å². The third kappa shape index (κ3) is 5.33. The van der Waals surface area contributed by atoms with Crippen LogP contribution >= 0.6 is 0 Å². The van der Waals surface area contributed by atoms with Crippen molar-refractivity contribution in [2.75, 3.05) is 10.6 Å². The molecular weight excluding hydrogens is 356 g/mol. The van der Waals surface area contributed by atoms with Crippen molar-refractivity contribution in [1.82, 2.24) is 10.6 Å². The van der Waals surface area contributed by atoms with Crippen LogP contribution in [0.25, 0.3) is 0 Å². The van der Waals surface area contributed by atoms with Crippen LogP contribution in [0.5, 0.6) is 0 Å². The van der Waals surface area contributed by atoms with Gasteiger partial charge >= 0.3 is 6.03 Å². The summed E-state index contributed by atoms with van der Waals surface area (Å²) in [5, 5.41) is 11.1. The number of rotatable bonds is 6. The number of anilines is 2. The molecular formula is C21H24N4O3. The van der Waals surface area contributed by atoms with Crippen LogP contribution < -0.4 is 21.3 Å². The van der Waals surface area contributed by atoms with Crippen molar-refractivity contribution in [2.24, 2.45) is 0 Å². The van der Waals surface area contributed by atoms with E-state index in [1.54, 1.807) is 48.5 Å². The van der Waals surface area contributed by atoms with E-state index in [1.165, 1.54) is 0 Å². The van der Waals surface area contributed by atoms with Crippen molar-refractivity contribution in [3.05, 3.63) is 59.7 Å². The Bertz CT molecular complexity index is 873. The van der Waals surface area contributed by atoms with Gasteiger partial charge in [-0.05, 0) is 63.1 Å². The van der Waals surface area contributed by atoms with Gasteiger partial charge < -0.3 is 21.3 Å². The zero-order valence-corrected chi connectivity index (χ0v) is 15.9. The second-order valence-electron chi connectivity index (χ2n) is 7.08. The van der Waals surface area contributed by atoms with Gasteiger partial charge in [0.25, 0.3) is 11.8 Å². The molecule has 28 heavy (non-hydrogen) atoms. The lowest BCUT2D eigenvalue weighted by atomic mass is 10.1. The number of hydrogen-bond acceptors (Lipinski definition) is 3.